The van der Waals surface area contributed by atoms with Crippen molar-refractivity contribution in [1.82, 2.24) is 9.97 Å². The number of aromatic nitrogens is 2. The van der Waals surface area contributed by atoms with Crippen LogP contribution in [-0.4, -0.2) is 16.6 Å². The van der Waals surface area contributed by atoms with Crippen LogP contribution in [0.2, 0.25) is 0 Å². The highest BCUT2D eigenvalue weighted by Crippen LogP contribution is 2.13. The van der Waals surface area contributed by atoms with E-state index in [4.69, 9.17) is 15.7 Å². The Morgan fingerprint density at radius 2 is 2.50 bits per heavy atom. The summed E-state index contributed by atoms with van der Waals surface area (Å²) >= 11 is 0. The van der Waals surface area contributed by atoms with Gasteiger partial charge in [0.05, 0.1) is 12.8 Å². The second-order valence-electron chi connectivity index (χ2n) is 1.99. The first-order valence-electron chi connectivity index (χ1n) is 3.43. The van der Waals surface area contributed by atoms with E-state index in [0.717, 1.165) is 0 Å². The van der Waals surface area contributed by atoms with Crippen molar-refractivity contribution >= 4 is 5.95 Å². The van der Waals surface area contributed by atoms with Crippen LogP contribution in [0, 0.1) is 11.3 Å². The topological polar surface area (TPSA) is 84.8 Å². The zero-order chi connectivity index (χ0) is 8.97. The Labute approximate surface area is 69.8 Å². The van der Waals surface area contributed by atoms with Gasteiger partial charge in [-0.15, -0.1) is 0 Å². The predicted molar refractivity (Wildman–Crippen MR) is 42.3 cm³/mol. The first kappa shape index (κ1) is 8.27. The number of rotatable bonds is 2. The van der Waals surface area contributed by atoms with Crippen molar-refractivity contribution in [2.75, 3.05) is 12.3 Å². The van der Waals surface area contributed by atoms with Gasteiger partial charge in [0.25, 0.3) is 0 Å². The number of hydrogen-bond donors (Lipinski definition) is 1. The Bertz CT molecular complexity index is 318. The first-order chi connectivity index (χ1) is 5.77. The summed E-state index contributed by atoms with van der Waals surface area (Å²) in [6.07, 6.45) is 1.34. The molecule has 1 aromatic heterocycles. The van der Waals surface area contributed by atoms with E-state index < -0.39 is 0 Å². The number of hydrogen-bond acceptors (Lipinski definition) is 5. The molecule has 0 saturated heterocycles. The molecule has 0 atom stereocenters. The van der Waals surface area contributed by atoms with Crippen LogP contribution < -0.4 is 10.5 Å². The Kier molecular flexibility index (Phi) is 2.43. The van der Waals surface area contributed by atoms with Crippen LogP contribution in [0.15, 0.2) is 6.20 Å². The lowest BCUT2D eigenvalue weighted by atomic mass is 10.4. The fourth-order valence-electron chi connectivity index (χ4n) is 0.702. The normalized spacial score (nSPS) is 9.00. The number of nitrogens with two attached hydrogens (primary N) is 1. The lowest BCUT2D eigenvalue weighted by Crippen LogP contribution is -2.02. The van der Waals surface area contributed by atoms with E-state index in [1.54, 1.807) is 6.92 Å². The minimum Gasteiger partial charge on any atom is -0.477 e. The summed E-state index contributed by atoms with van der Waals surface area (Å²) in [5.74, 6) is 0.352. The lowest BCUT2D eigenvalue weighted by molar-refractivity contribution is 0.325. The molecule has 2 N–H and O–H groups in total. The fourth-order valence-corrected chi connectivity index (χ4v) is 0.702. The average Bonchev–Trinajstić information content (AvgIpc) is 2.05. The van der Waals surface area contributed by atoms with Gasteiger partial charge in [0.15, 0.2) is 0 Å². The van der Waals surface area contributed by atoms with Crippen LogP contribution >= 0.6 is 0 Å². The Morgan fingerprint density at radius 3 is 3.08 bits per heavy atom. The highest BCUT2D eigenvalue weighted by atomic mass is 16.5. The zero-order valence-corrected chi connectivity index (χ0v) is 6.61. The Hall–Kier alpha value is -1.83. The van der Waals surface area contributed by atoms with E-state index in [-0.39, 0.29) is 11.8 Å². The molecular formula is C7H8N4O. The summed E-state index contributed by atoms with van der Waals surface area (Å²) in [7, 11) is 0. The van der Waals surface area contributed by atoms with Crippen LogP contribution in [0.3, 0.4) is 0 Å². The van der Waals surface area contributed by atoms with Crippen LogP contribution in [0.4, 0.5) is 5.95 Å². The second kappa shape index (κ2) is 3.53. The van der Waals surface area contributed by atoms with Crippen molar-refractivity contribution in [3.63, 3.8) is 0 Å². The van der Waals surface area contributed by atoms with E-state index >= 15 is 0 Å². The van der Waals surface area contributed by atoms with Gasteiger partial charge in [0.1, 0.15) is 11.6 Å². The molecule has 62 valence electrons. The van der Waals surface area contributed by atoms with Gasteiger partial charge in [-0.1, -0.05) is 0 Å². The molecule has 12 heavy (non-hydrogen) atoms. The monoisotopic (exact) mass is 164 g/mol. The Morgan fingerprint density at radius 1 is 1.75 bits per heavy atom. The van der Waals surface area contributed by atoms with E-state index in [1.807, 2.05) is 6.07 Å². The number of nitrogen functional groups attached to an aromatic ring is 1. The van der Waals surface area contributed by atoms with Crippen molar-refractivity contribution in [2.24, 2.45) is 0 Å². The van der Waals surface area contributed by atoms with Crippen LogP contribution in [-0.2, 0) is 0 Å². The summed E-state index contributed by atoms with van der Waals surface area (Å²) in [6.45, 7) is 2.25. The zero-order valence-electron chi connectivity index (χ0n) is 6.61. The van der Waals surface area contributed by atoms with Crippen molar-refractivity contribution in [3.05, 3.63) is 11.8 Å². The van der Waals surface area contributed by atoms with E-state index in [0.29, 0.717) is 12.2 Å². The summed E-state index contributed by atoms with van der Waals surface area (Å²) in [6, 6.07) is 1.90. The fraction of sp³-hybridized carbons (Fsp3) is 0.286. The molecule has 0 aliphatic rings. The second-order valence-corrected chi connectivity index (χ2v) is 1.99. The summed E-state index contributed by atoms with van der Waals surface area (Å²) in [4.78, 5) is 7.41. The number of anilines is 1. The van der Waals surface area contributed by atoms with Gasteiger partial charge in [-0.05, 0) is 6.92 Å². The SMILES string of the molecule is CCOc1nc(N)ncc1C#N. The van der Waals surface area contributed by atoms with Crippen LogP contribution in [0.5, 0.6) is 5.88 Å². The van der Waals surface area contributed by atoms with E-state index in [2.05, 4.69) is 9.97 Å². The minimum absolute atomic E-state index is 0.109. The molecule has 0 spiro atoms. The molecule has 0 aromatic carbocycles. The molecule has 5 nitrogen and oxygen atoms in total. The quantitative estimate of drug-likeness (QED) is 0.680. The smallest absolute Gasteiger partial charge is 0.236 e. The number of nitriles is 1. The molecule has 1 rings (SSSR count). The predicted octanol–water partition coefficient (Wildman–Crippen LogP) is 0.329. The standard InChI is InChI=1S/C7H8N4O/c1-2-12-6-5(3-8)4-10-7(9)11-6/h4H,2H2,1H3,(H2,9,10,11). The molecular weight excluding hydrogens is 156 g/mol. The van der Waals surface area contributed by atoms with Crippen LogP contribution in [0.1, 0.15) is 12.5 Å². The van der Waals surface area contributed by atoms with Crippen molar-refractivity contribution < 1.29 is 4.74 Å². The molecule has 0 fully saturated rings. The summed E-state index contributed by atoms with van der Waals surface area (Å²) in [5.41, 5.74) is 5.60. The number of ether oxygens (including phenoxy) is 1. The average molecular weight is 164 g/mol. The molecule has 0 amide bonds. The van der Waals surface area contributed by atoms with Gasteiger partial charge in [-0.25, -0.2) is 4.98 Å². The van der Waals surface area contributed by atoms with Crippen LogP contribution in [0.25, 0.3) is 0 Å². The number of nitrogens with zero attached hydrogens (tertiary/aromatic N) is 3. The molecule has 5 heteroatoms. The summed E-state index contributed by atoms with van der Waals surface area (Å²) < 4.78 is 5.06. The highest BCUT2D eigenvalue weighted by Gasteiger charge is 2.04. The van der Waals surface area contributed by atoms with E-state index in [1.165, 1.54) is 6.20 Å². The molecule has 0 bridgehead atoms. The van der Waals surface area contributed by atoms with Crippen molar-refractivity contribution in [2.45, 2.75) is 6.92 Å². The third-order valence-corrected chi connectivity index (χ3v) is 1.17. The first-order valence-corrected chi connectivity index (χ1v) is 3.43. The molecule has 0 saturated carbocycles. The van der Waals surface area contributed by atoms with Gasteiger partial charge >= 0.3 is 0 Å². The van der Waals surface area contributed by atoms with Gasteiger partial charge in [-0.2, -0.15) is 10.2 Å². The maximum absolute atomic E-state index is 8.59. The third kappa shape index (κ3) is 1.61. The van der Waals surface area contributed by atoms with Gasteiger partial charge in [0, 0.05) is 0 Å². The maximum atomic E-state index is 8.59. The molecule has 0 aliphatic heterocycles. The highest BCUT2D eigenvalue weighted by molar-refractivity contribution is 5.38. The summed E-state index contributed by atoms with van der Waals surface area (Å²) in [5, 5.41) is 8.59. The van der Waals surface area contributed by atoms with E-state index in [9.17, 15) is 0 Å². The molecule has 0 unspecified atom stereocenters. The van der Waals surface area contributed by atoms with Gasteiger partial charge in [-0.3, -0.25) is 0 Å². The lowest BCUT2D eigenvalue weighted by Gasteiger charge is -2.02. The van der Waals surface area contributed by atoms with Crippen molar-refractivity contribution in [3.8, 4) is 11.9 Å². The molecule has 1 heterocycles. The maximum Gasteiger partial charge on any atom is 0.236 e. The Balaban J connectivity index is 3.06. The van der Waals surface area contributed by atoms with Gasteiger partial charge < -0.3 is 10.5 Å². The largest absolute Gasteiger partial charge is 0.477 e. The molecule has 1 aromatic rings. The minimum atomic E-state index is 0.109. The van der Waals surface area contributed by atoms with Gasteiger partial charge in [0.2, 0.25) is 11.8 Å². The van der Waals surface area contributed by atoms with Crippen molar-refractivity contribution in [1.29, 1.82) is 5.26 Å². The third-order valence-electron chi connectivity index (χ3n) is 1.17. The molecule has 0 radical (unpaired) electrons. The molecule has 0 aliphatic carbocycles.